The predicted octanol–water partition coefficient (Wildman–Crippen LogP) is 4.56. The summed E-state index contributed by atoms with van der Waals surface area (Å²) in [5, 5.41) is 16.3. The van der Waals surface area contributed by atoms with Gasteiger partial charge in [0.2, 0.25) is 5.91 Å². The molecule has 0 bridgehead atoms. The lowest BCUT2D eigenvalue weighted by molar-refractivity contribution is -0.117. The minimum absolute atomic E-state index is 0.188. The topological polar surface area (TPSA) is 134 Å². The van der Waals surface area contributed by atoms with E-state index in [1.54, 1.807) is 25.6 Å². The Bertz CT molecular complexity index is 1640. The van der Waals surface area contributed by atoms with Crippen molar-refractivity contribution < 1.29 is 23.7 Å². The lowest BCUT2D eigenvalue weighted by atomic mass is 10.1. The summed E-state index contributed by atoms with van der Waals surface area (Å²) >= 11 is 13.5. The molecule has 14 heteroatoms. The van der Waals surface area contributed by atoms with E-state index in [0.717, 1.165) is 16.3 Å². The largest absolute Gasteiger partial charge is 0.495 e. The van der Waals surface area contributed by atoms with Crippen LogP contribution in [0.25, 0.3) is 22.0 Å². The highest BCUT2D eigenvalue weighted by molar-refractivity contribution is 6.41. The van der Waals surface area contributed by atoms with Gasteiger partial charge in [-0.2, -0.15) is 5.10 Å². The molecule has 12 nitrogen and oxygen atoms in total. The molecule has 1 fully saturated rings. The van der Waals surface area contributed by atoms with Gasteiger partial charge in [-0.3, -0.25) is 9.48 Å². The molecule has 1 saturated heterocycles. The van der Waals surface area contributed by atoms with Gasteiger partial charge < -0.3 is 34.9 Å². The summed E-state index contributed by atoms with van der Waals surface area (Å²) in [5.41, 5.74) is 1.92. The van der Waals surface area contributed by atoms with Crippen molar-refractivity contribution in [2.45, 2.75) is 25.2 Å². The molecule has 4 heterocycles. The molecule has 0 aliphatic carbocycles. The molecule has 3 N–H and O–H groups in total. The van der Waals surface area contributed by atoms with Crippen molar-refractivity contribution in [1.29, 1.82) is 0 Å². The number of nitrogens with one attached hydrogen (secondary N) is 3. The second-order valence-corrected chi connectivity index (χ2v) is 10.8. The molecule has 3 aromatic heterocycles. The number of carbonyl (C=O) groups is 1. The van der Waals surface area contributed by atoms with Crippen LogP contribution in [-0.4, -0.2) is 78.9 Å². The molecule has 0 unspecified atom stereocenters. The van der Waals surface area contributed by atoms with E-state index >= 15 is 0 Å². The summed E-state index contributed by atoms with van der Waals surface area (Å²) in [5.74, 6) is 1.70. The minimum Gasteiger partial charge on any atom is -0.495 e. The van der Waals surface area contributed by atoms with E-state index in [-0.39, 0.29) is 18.0 Å². The Kier molecular flexibility index (Phi) is 10.1. The molecule has 44 heavy (non-hydrogen) atoms. The summed E-state index contributed by atoms with van der Waals surface area (Å²) in [4.78, 5) is 21.5. The van der Waals surface area contributed by atoms with Gasteiger partial charge in [0.15, 0.2) is 0 Å². The van der Waals surface area contributed by atoms with Crippen LogP contribution >= 0.6 is 23.2 Å². The summed E-state index contributed by atoms with van der Waals surface area (Å²) in [7, 11) is 4.70. The second-order valence-electron chi connectivity index (χ2n) is 10.00. The third-order valence-corrected chi connectivity index (χ3v) is 7.89. The van der Waals surface area contributed by atoms with Gasteiger partial charge in [0, 0.05) is 54.0 Å². The van der Waals surface area contributed by atoms with Crippen molar-refractivity contribution in [3.8, 4) is 22.8 Å². The molecular formula is C30H33Cl2N7O5. The fourth-order valence-electron chi connectivity index (χ4n) is 4.86. The van der Waals surface area contributed by atoms with E-state index in [0.29, 0.717) is 77.3 Å². The first kappa shape index (κ1) is 31.3. The average Bonchev–Trinajstić information content (AvgIpc) is 3.68. The van der Waals surface area contributed by atoms with Gasteiger partial charge in [0.05, 0.1) is 74.6 Å². The van der Waals surface area contributed by atoms with Crippen LogP contribution < -0.4 is 25.4 Å². The SMILES string of the molecule is C=CC(=O)N[C@H]1COC[C@H]1Nc1cc2c(NCc3cnn(CCOC)c3)nc(-c3c(Cl)c(OC)cc(OC)c3Cl)cc2cn1. The van der Waals surface area contributed by atoms with E-state index in [1.165, 1.54) is 20.3 Å². The van der Waals surface area contributed by atoms with E-state index in [1.807, 2.05) is 23.0 Å². The molecule has 5 rings (SSSR count). The number of nitrogens with zero attached hydrogens (tertiary/aromatic N) is 4. The number of benzene rings is 1. The number of hydrogen-bond donors (Lipinski definition) is 3. The van der Waals surface area contributed by atoms with Crippen LogP contribution in [0.2, 0.25) is 10.0 Å². The molecule has 4 aromatic rings. The van der Waals surface area contributed by atoms with Crippen molar-refractivity contribution in [3.05, 3.63) is 65.1 Å². The fourth-order valence-corrected chi connectivity index (χ4v) is 5.55. The van der Waals surface area contributed by atoms with Crippen LogP contribution in [0.1, 0.15) is 5.56 Å². The van der Waals surface area contributed by atoms with Crippen LogP contribution in [0, 0.1) is 0 Å². The number of pyridine rings is 2. The Balaban J connectivity index is 1.53. The van der Waals surface area contributed by atoms with Gasteiger partial charge >= 0.3 is 0 Å². The van der Waals surface area contributed by atoms with Crippen LogP contribution in [0.5, 0.6) is 11.5 Å². The highest BCUT2D eigenvalue weighted by Crippen LogP contribution is 2.46. The number of rotatable bonds is 13. The van der Waals surface area contributed by atoms with Gasteiger partial charge in [-0.1, -0.05) is 29.8 Å². The number of anilines is 2. The third kappa shape index (κ3) is 6.83. The highest BCUT2D eigenvalue weighted by atomic mass is 35.5. The summed E-state index contributed by atoms with van der Waals surface area (Å²) in [6.45, 7) is 5.96. The van der Waals surface area contributed by atoms with Crippen LogP contribution in [0.4, 0.5) is 11.6 Å². The Morgan fingerprint density at radius 3 is 2.57 bits per heavy atom. The number of carbonyl (C=O) groups excluding carboxylic acids is 1. The standard InChI is InChI=1S/C30H33Cl2N7O5/c1-5-26(40)37-22-16-44-15-21(22)36-25-9-19-18(13-33-25)8-20(27-28(31)23(42-3)10-24(43-4)29(27)32)38-30(19)34-11-17-12-35-39(14-17)6-7-41-2/h5,8-10,12-14,21-22H,1,6-7,11,15-16H2,2-4H3,(H,33,36)(H,34,38)(H,37,40)/t21-,22+/m1/s1. The summed E-state index contributed by atoms with van der Waals surface area (Å²) in [6.07, 6.45) is 6.72. The smallest absolute Gasteiger partial charge is 0.243 e. The maximum absolute atomic E-state index is 11.9. The van der Waals surface area contributed by atoms with E-state index in [9.17, 15) is 4.79 Å². The molecule has 0 spiro atoms. The Morgan fingerprint density at radius 1 is 1.11 bits per heavy atom. The number of amides is 1. The number of halogens is 2. The van der Waals surface area contributed by atoms with Crippen molar-refractivity contribution in [2.24, 2.45) is 0 Å². The monoisotopic (exact) mass is 641 g/mol. The van der Waals surface area contributed by atoms with Crippen LogP contribution in [-0.2, 0) is 27.4 Å². The second kappa shape index (κ2) is 14.1. The van der Waals surface area contributed by atoms with Crippen LogP contribution in [0.3, 0.4) is 0 Å². The molecule has 1 aliphatic heterocycles. The van der Waals surface area contributed by atoms with Gasteiger partial charge in [0.1, 0.15) is 23.1 Å². The third-order valence-electron chi connectivity index (χ3n) is 7.14. The number of ether oxygens (including phenoxy) is 4. The molecule has 232 valence electrons. The average molecular weight is 643 g/mol. The summed E-state index contributed by atoms with van der Waals surface area (Å²) < 4.78 is 23.6. The number of fused-ring (bicyclic) bond motifs is 1. The molecule has 2 atom stereocenters. The molecular weight excluding hydrogens is 609 g/mol. The lowest BCUT2D eigenvalue weighted by Crippen LogP contribution is -2.45. The Labute approximate surface area is 264 Å². The fraction of sp³-hybridized carbons (Fsp3) is 0.333. The van der Waals surface area contributed by atoms with Crippen molar-refractivity contribution in [3.63, 3.8) is 0 Å². The van der Waals surface area contributed by atoms with E-state index in [2.05, 4.69) is 32.6 Å². The van der Waals surface area contributed by atoms with Gasteiger partial charge in [-0.15, -0.1) is 0 Å². The highest BCUT2D eigenvalue weighted by Gasteiger charge is 2.29. The van der Waals surface area contributed by atoms with E-state index < -0.39 is 0 Å². The minimum atomic E-state index is -0.265. The maximum atomic E-state index is 11.9. The van der Waals surface area contributed by atoms with Gasteiger partial charge in [-0.05, 0) is 18.2 Å². The molecule has 1 aliphatic rings. The van der Waals surface area contributed by atoms with Gasteiger partial charge in [0.25, 0.3) is 0 Å². The molecule has 0 radical (unpaired) electrons. The first-order valence-corrected chi connectivity index (χ1v) is 14.5. The van der Waals surface area contributed by atoms with Crippen molar-refractivity contribution in [2.75, 3.05) is 51.8 Å². The zero-order valence-electron chi connectivity index (χ0n) is 24.5. The molecule has 1 amide bonds. The zero-order valence-corrected chi connectivity index (χ0v) is 26.0. The van der Waals surface area contributed by atoms with Crippen molar-refractivity contribution in [1.82, 2.24) is 25.1 Å². The summed E-state index contributed by atoms with van der Waals surface area (Å²) in [6, 6.07) is 4.96. The lowest BCUT2D eigenvalue weighted by Gasteiger charge is -2.21. The molecule has 0 saturated carbocycles. The maximum Gasteiger partial charge on any atom is 0.243 e. The number of aromatic nitrogens is 4. The van der Waals surface area contributed by atoms with Crippen molar-refractivity contribution >= 4 is 51.5 Å². The normalized spacial score (nSPS) is 16.1. The first-order chi connectivity index (χ1) is 21.3. The van der Waals surface area contributed by atoms with Crippen LogP contribution in [0.15, 0.2) is 49.4 Å². The number of hydrogen-bond acceptors (Lipinski definition) is 10. The Hall–Kier alpha value is -4.10. The zero-order chi connectivity index (χ0) is 31.2. The first-order valence-electron chi connectivity index (χ1n) is 13.8. The number of methoxy groups -OCH3 is 3. The quantitative estimate of drug-likeness (QED) is 0.178. The van der Waals surface area contributed by atoms with E-state index in [4.69, 9.17) is 47.1 Å². The van der Waals surface area contributed by atoms with Gasteiger partial charge in [-0.25, -0.2) is 9.97 Å². The Morgan fingerprint density at radius 2 is 1.86 bits per heavy atom. The predicted molar refractivity (Wildman–Crippen MR) is 170 cm³/mol. The molecule has 1 aromatic carbocycles.